The van der Waals surface area contributed by atoms with Crippen LogP contribution in [0.2, 0.25) is 0 Å². The minimum absolute atomic E-state index is 0.151. The van der Waals surface area contributed by atoms with Gasteiger partial charge < -0.3 is 15.6 Å². The molecule has 0 radical (unpaired) electrons. The standard InChI is InChI=1S/C9H19NO2S/c10-8(1-4-11)7-13-9-2-5-12-6-3-9/h8-9,11H,1-7,10H2. The highest BCUT2D eigenvalue weighted by Crippen LogP contribution is 2.22. The summed E-state index contributed by atoms with van der Waals surface area (Å²) in [5.41, 5.74) is 5.79. The summed E-state index contributed by atoms with van der Waals surface area (Å²) in [6.07, 6.45) is 3.02. The van der Waals surface area contributed by atoms with E-state index in [9.17, 15) is 0 Å². The zero-order valence-electron chi connectivity index (χ0n) is 7.95. The third-order valence-electron chi connectivity index (χ3n) is 2.21. The lowest BCUT2D eigenvalue weighted by molar-refractivity contribution is 0.1000. The van der Waals surface area contributed by atoms with E-state index >= 15 is 0 Å². The molecule has 4 heteroatoms. The van der Waals surface area contributed by atoms with Gasteiger partial charge in [0.2, 0.25) is 0 Å². The highest BCUT2D eigenvalue weighted by molar-refractivity contribution is 7.99. The molecule has 1 rings (SSSR count). The van der Waals surface area contributed by atoms with E-state index in [2.05, 4.69) is 0 Å². The molecular formula is C9H19NO2S. The van der Waals surface area contributed by atoms with E-state index in [0.29, 0.717) is 0 Å². The molecule has 3 N–H and O–H groups in total. The Morgan fingerprint density at radius 1 is 1.46 bits per heavy atom. The van der Waals surface area contributed by atoms with Crippen molar-refractivity contribution in [2.75, 3.05) is 25.6 Å². The molecule has 1 atom stereocenters. The van der Waals surface area contributed by atoms with Crippen LogP contribution < -0.4 is 5.73 Å². The fourth-order valence-corrected chi connectivity index (χ4v) is 2.56. The molecule has 1 unspecified atom stereocenters. The normalized spacial score (nSPS) is 21.7. The van der Waals surface area contributed by atoms with Crippen molar-refractivity contribution in [2.45, 2.75) is 30.6 Å². The minimum atomic E-state index is 0.151. The predicted molar refractivity (Wildman–Crippen MR) is 56.0 cm³/mol. The van der Waals surface area contributed by atoms with Crippen molar-refractivity contribution in [1.82, 2.24) is 0 Å². The zero-order valence-corrected chi connectivity index (χ0v) is 8.76. The van der Waals surface area contributed by atoms with E-state index in [4.69, 9.17) is 15.6 Å². The van der Waals surface area contributed by atoms with Gasteiger partial charge in [-0.1, -0.05) is 0 Å². The maximum absolute atomic E-state index is 8.66. The van der Waals surface area contributed by atoms with E-state index in [1.807, 2.05) is 11.8 Å². The molecule has 0 amide bonds. The first-order chi connectivity index (χ1) is 6.33. The molecule has 13 heavy (non-hydrogen) atoms. The monoisotopic (exact) mass is 205 g/mol. The van der Waals surface area contributed by atoms with Gasteiger partial charge in [0.15, 0.2) is 0 Å². The maximum atomic E-state index is 8.66. The van der Waals surface area contributed by atoms with Crippen molar-refractivity contribution in [1.29, 1.82) is 0 Å². The lowest BCUT2D eigenvalue weighted by Gasteiger charge is -2.22. The second-order valence-corrected chi connectivity index (χ2v) is 4.75. The van der Waals surface area contributed by atoms with Crippen molar-refractivity contribution in [3.8, 4) is 0 Å². The Hall–Kier alpha value is 0.230. The van der Waals surface area contributed by atoms with Crippen molar-refractivity contribution in [2.24, 2.45) is 5.73 Å². The molecule has 0 aromatic rings. The van der Waals surface area contributed by atoms with Crippen LogP contribution in [0, 0.1) is 0 Å². The van der Waals surface area contributed by atoms with Crippen molar-refractivity contribution >= 4 is 11.8 Å². The Morgan fingerprint density at radius 3 is 2.77 bits per heavy atom. The number of thioether (sulfide) groups is 1. The van der Waals surface area contributed by atoms with Crippen molar-refractivity contribution in [3.63, 3.8) is 0 Å². The lowest BCUT2D eigenvalue weighted by atomic mass is 10.2. The number of ether oxygens (including phenoxy) is 1. The topological polar surface area (TPSA) is 55.5 Å². The van der Waals surface area contributed by atoms with Gasteiger partial charge in [-0.05, 0) is 19.3 Å². The number of hydrogen-bond acceptors (Lipinski definition) is 4. The van der Waals surface area contributed by atoms with Gasteiger partial charge in [-0.15, -0.1) is 0 Å². The van der Waals surface area contributed by atoms with Crippen LogP contribution >= 0.6 is 11.8 Å². The fourth-order valence-electron chi connectivity index (χ4n) is 1.35. The SMILES string of the molecule is NC(CCO)CSC1CCOCC1. The first-order valence-corrected chi connectivity index (χ1v) is 5.93. The number of rotatable bonds is 5. The molecule has 0 bridgehead atoms. The summed E-state index contributed by atoms with van der Waals surface area (Å²) in [4.78, 5) is 0. The second kappa shape index (κ2) is 6.65. The lowest BCUT2D eigenvalue weighted by Crippen LogP contribution is -2.27. The number of aliphatic hydroxyl groups excluding tert-OH is 1. The Labute approximate surface area is 84.0 Å². The van der Waals surface area contributed by atoms with Crippen LogP contribution in [0.4, 0.5) is 0 Å². The third-order valence-corrected chi connectivity index (χ3v) is 3.78. The van der Waals surface area contributed by atoms with Gasteiger partial charge in [0.05, 0.1) is 0 Å². The van der Waals surface area contributed by atoms with Gasteiger partial charge in [0, 0.05) is 36.9 Å². The van der Waals surface area contributed by atoms with E-state index in [-0.39, 0.29) is 12.6 Å². The molecule has 78 valence electrons. The Balaban J connectivity index is 2.03. The highest BCUT2D eigenvalue weighted by atomic mass is 32.2. The minimum Gasteiger partial charge on any atom is -0.396 e. The van der Waals surface area contributed by atoms with Crippen LogP contribution in [0.15, 0.2) is 0 Å². The molecule has 3 nitrogen and oxygen atoms in total. The smallest absolute Gasteiger partial charge is 0.0476 e. The summed E-state index contributed by atoms with van der Waals surface area (Å²) >= 11 is 1.93. The maximum Gasteiger partial charge on any atom is 0.0476 e. The number of hydrogen-bond donors (Lipinski definition) is 2. The molecule has 0 aromatic heterocycles. The summed E-state index contributed by atoms with van der Waals surface area (Å²) < 4.78 is 5.27. The van der Waals surface area contributed by atoms with Crippen LogP contribution in [0.25, 0.3) is 0 Å². The summed E-state index contributed by atoms with van der Waals surface area (Å²) in [5.74, 6) is 0.964. The predicted octanol–water partition coefficient (Wildman–Crippen LogP) is 0.608. The average molecular weight is 205 g/mol. The molecule has 1 aliphatic heterocycles. The second-order valence-electron chi connectivity index (χ2n) is 3.42. The van der Waals surface area contributed by atoms with Crippen molar-refractivity contribution < 1.29 is 9.84 Å². The van der Waals surface area contributed by atoms with Crippen LogP contribution in [-0.4, -0.2) is 42.0 Å². The van der Waals surface area contributed by atoms with Gasteiger partial charge in [-0.2, -0.15) is 11.8 Å². The summed E-state index contributed by atoms with van der Waals surface area (Å²) in [5, 5.41) is 9.39. The first kappa shape index (κ1) is 11.3. The van der Waals surface area contributed by atoms with Gasteiger partial charge in [0.1, 0.15) is 0 Å². The summed E-state index contributed by atoms with van der Waals surface area (Å²) in [7, 11) is 0. The molecule has 1 aliphatic rings. The first-order valence-electron chi connectivity index (χ1n) is 4.88. The van der Waals surface area contributed by atoms with Crippen LogP contribution in [0.1, 0.15) is 19.3 Å². The van der Waals surface area contributed by atoms with E-state index < -0.39 is 0 Å². The highest BCUT2D eigenvalue weighted by Gasteiger charge is 2.15. The zero-order chi connectivity index (χ0) is 9.52. The number of nitrogens with two attached hydrogens (primary N) is 1. The van der Waals surface area contributed by atoms with Crippen molar-refractivity contribution in [3.05, 3.63) is 0 Å². The average Bonchev–Trinajstić information content (AvgIpc) is 2.17. The largest absolute Gasteiger partial charge is 0.396 e. The Morgan fingerprint density at radius 2 is 2.15 bits per heavy atom. The Bertz CT molecular complexity index is 129. The molecule has 0 aromatic carbocycles. The molecule has 0 spiro atoms. The van der Waals surface area contributed by atoms with Gasteiger partial charge in [-0.25, -0.2) is 0 Å². The third kappa shape index (κ3) is 4.86. The molecular weight excluding hydrogens is 186 g/mol. The van der Waals surface area contributed by atoms with Gasteiger partial charge in [0.25, 0.3) is 0 Å². The van der Waals surface area contributed by atoms with Crippen LogP contribution in [0.3, 0.4) is 0 Å². The van der Waals surface area contributed by atoms with Gasteiger partial charge >= 0.3 is 0 Å². The summed E-state index contributed by atoms with van der Waals surface area (Å²) in [6.45, 7) is 2.00. The van der Waals surface area contributed by atoms with Gasteiger partial charge in [-0.3, -0.25) is 0 Å². The van der Waals surface area contributed by atoms with E-state index in [0.717, 1.165) is 43.5 Å². The molecule has 1 saturated heterocycles. The van der Waals surface area contributed by atoms with E-state index in [1.54, 1.807) is 0 Å². The summed E-state index contributed by atoms with van der Waals surface area (Å²) in [6, 6.07) is 0.151. The Kier molecular flexibility index (Phi) is 5.78. The molecule has 1 fully saturated rings. The van der Waals surface area contributed by atoms with Crippen LogP contribution in [-0.2, 0) is 4.74 Å². The fraction of sp³-hybridized carbons (Fsp3) is 1.00. The van der Waals surface area contributed by atoms with E-state index in [1.165, 1.54) is 0 Å². The quantitative estimate of drug-likeness (QED) is 0.690. The molecule has 0 saturated carbocycles. The molecule has 0 aliphatic carbocycles. The molecule has 1 heterocycles. The van der Waals surface area contributed by atoms with Crippen LogP contribution in [0.5, 0.6) is 0 Å². The number of aliphatic hydroxyl groups is 1.